The van der Waals surface area contributed by atoms with Crippen molar-refractivity contribution in [3.63, 3.8) is 0 Å². The lowest BCUT2D eigenvalue weighted by atomic mass is 10.2. The van der Waals surface area contributed by atoms with Crippen molar-refractivity contribution < 1.29 is 4.79 Å². The van der Waals surface area contributed by atoms with Gasteiger partial charge in [-0.05, 0) is 24.3 Å². The van der Waals surface area contributed by atoms with Gasteiger partial charge in [-0.1, -0.05) is 25.1 Å². The second-order valence-electron chi connectivity index (χ2n) is 4.57. The molecule has 0 saturated heterocycles. The Morgan fingerprint density at radius 3 is 2.52 bits per heavy atom. The molecule has 0 amide bonds. The van der Waals surface area contributed by atoms with Crippen molar-refractivity contribution in [2.75, 3.05) is 11.4 Å². The van der Waals surface area contributed by atoms with E-state index in [4.69, 9.17) is 5.26 Å². The number of nitriles is 1. The van der Waals surface area contributed by atoms with Crippen LogP contribution in [0.5, 0.6) is 0 Å². The molecule has 1 aromatic carbocycles. The highest BCUT2D eigenvalue weighted by Crippen LogP contribution is 2.24. The molecule has 1 heterocycles. The number of aromatic nitrogens is 1. The van der Waals surface area contributed by atoms with Crippen LogP contribution in [0, 0.1) is 11.3 Å². The van der Waals surface area contributed by atoms with E-state index in [1.807, 2.05) is 48.2 Å². The Morgan fingerprint density at radius 1 is 1.19 bits per heavy atom. The number of carbonyl (C=O) groups is 1. The number of rotatable bonds is 6. The van der Waals surface area contributed by atoms with E-state index in [0.29, 0.717) is 25.1 Å². The van der Waals surface area contributed by atoms with Gasteiger partial charge in [0.25, 0.3) is 0 Å². The van der Waals surface area contributed by atoms with Gasteiger partial charge in [-0.15, -0.1) is 0 Å². The molecule has 0 radical (unpaired) electrons. The summed E-state index contributed by atoms with van der Waals surface area (Å²) in [5.74, 6) is 0.0323. The van der Waals surface area contributed by atoms with E-state index in [9.17, 15) is 4.79 Å². The molecule has 4 nitrogen and oxygen atoms in total. The Kier molecular flexibility index (Phi) is 5.05. The Morgan fingerprint density at radius 2 is 1.95 bits per heavy atom. The molecule has 0 unspecified atom stereocenters. The fourth-order valence-electron chi connectivity index (χ4n) is 2.07. The minimum Gasteiger partial charge on any atom is -0.339 e. The van der Waals surface area contributed by atoms with Crippen LogP contribution in [0.4, 0.5) is 11.4 Å². The van der Waals surface area contributed by atoms with Crippen LogP contribution in [-0.2, 0) is 0 Å². The Bertz CT molecular complexity index is 629. The molecule has 2 rings (SSSR count). The monoisotopic (exact) mass is 279 g/mol. The zero-order chi connectivity index (χ0) is 15.1. The second kappa shape index (κ2) is 7.20. The minimum atomic E-state index is 0.0323. The van der Waals surface area contributed by atoms with Crippen LogP contribution in [0.15, 0.2) is 48.7 Å². The van der Waals surface area contributed by atoms with E-state index in [-0.39, 0.29) is 5.78 Å². The van der Waals surface area contributed by atoms with Gasteiger partial charge < -0.3 is 4.90 Å². The number of nitrogens with zero attached hydrogens (tertiary/aromatic N) is 3. The van der Waals surface area contributed by atoms with Crippen LogP contribution in [0.2, 0.25) is 0 Å². The average Bonchev–Trinajstić information content (AvgIpc) is 2.56. The van der Waals surface area contributed by atoms with Crippen molar-refractivity contribution in [3.8, 4) is 6.07 Å². The molecule has 0 aliphatic heterocycles. The molecule has 0 N–H and O–H groups in total. The SMILES string of the molecule is CCC(=O)c1ccc(N(CCC#N)c2ccccc2)cn1. The lowest BCUT2D eigenvalue weighted by Gasteiger charge is -2.23. The number of Topliss-reactive ketones (excluding diaryl/α,β-unsaturated/α-hetero) is 1. The largest absolute Gasteiger partial charge is 0.339 e. The van der Waals surface area contributed by atoms with Gasteiger partial charge in [0.05, 0.1) is 24.4 Å². The standard InChI is InChI=1S/C17H17N3O/c1-2-17(21)16-10-9-15(13-19-16)20(12-6-11-18)14-7-4-3-5-8-14/h3-5,7-10,13H,2,6,12H2,1H3. The molecular formula is C17H17N3O. The molecule has 0 spiro atoms. The van der Waals surface area contributed by atoms with Crippen LogP contribution in [0.25, 0.3) is 0 Å². The number of hydrogen-bond acceptors (Lipinski definition) is 4. The average molecular weight is 279 g/mol. The van der Waals surface area contributed by atoms with E-state index < -0.39 is 0 Å². The number of carbonyl (C=O) groups excluding carboxylic acids is 1. The topological polar surface area (TPSA) is 57.0 Å². The maximum atomic E-state index is 11.6. The molecule has 2 aromatic rings. The summed E-state index contributed by atoms with van der Waals surface area (Å²) in [5, 5.41) is 8.82. The molecule has 0 bridgehead atoms. The molecule has 0 saturated carbocycles. The molecule has 21 heavy (non-hydrogen) atoms. The third kappa shape index (κ3) is 3.67. The first-order valence-electron chi connectivity index (χ1n) is 6.95. The Labute approximate surface area is 124 Å². The smallest absolute Gasteiger partial charge is 0.180 e. The van der Waals surface area contributed by atoms with Crippen molar-refractivity contribution in [1.29, 1.82) is 5.26 Å². The highest BCUT2D eigenvalue weighted by molar-refractivity contribution is 5.94. The van der Waals surface area contributed by atoms with Gasteiger partial charge in [-0.25, -0.2) is 0 Å². The minimum absolute atomic E-state index is 0.0323. The van der Waals surface area contributed by atoms with Crippen LogP contribution in [-0.4, -0.2) is 17.3 Å². The summed E-state index contributed by atoms with van der Waals surface area (Å²) >= 11 is 0. The predicted molar refractivity (Wildman–Crippen MR) is 82.5 cm³/mol. The summed E-state index contributed by atoms with van der Waals surface area (Å²) in [4.78, 5) is 17.9. The molecule has 0 atom stereocenters. The van der Waals surface area contributed by atoms with Crippen LogP contribution in [0.1, 0.15) is 30.3 Å². The molecule has 0 aliphatic carbocycles. The molecule has 4 heteroatoms. The van der Waals surface area contributed by atoms with E-state index in [1.165, 1.54) is 0 Å². The van der Waals surface area contributed by atoms with Crippen molar-refractivity contribution in [2.24, 2.45) is 0 Å². The van der Waals surface area contributed by atoms with Gasteiger partial charge in [0.15, 0.2) is 5.78 Å². The summed E-state index contributed by atoms with van der Waals surface area (Å²) < 4.78 is 0. The zero-order valence-electron chi connectivity index (χ0n) is 12.0. The van der Waals surface area contributed by atoms with Crippen LogP contribution in [0.3, 0.4) is 0 Å². The number of benzene rings is 1. The van der Waals surface area contributed by atoms with Gasteiger partial charge in [0.2, 0.25) is 0 Å². The maximum Gasteiger partial charge on any atom is 0.180 e. The molecule has 0 aliphatic rings. The van der Waals surface area contributed by atoms with Crippen molar-refractivity contribution >= 4 is 17.2 Å². The molecule has 1 aromatic heterocycles. The number of para-hydroxylation sites is 1. The summed E-state index contributed by atoms with van der Waals surface area (Å²) in [6.07, 6.45) is 2.56. The highest BCUT2D eigenvalue weighted by Gasteiger charge is 2.11. The van der Waals surface area contributed by atoms with Gasteiger partial charge in [-0.3, -0.25) is 9.78 Å². The fraction of sp³-hybridized carbons (Fsp3) is 0.235. The number of hydrogen-bond donors (Lipinski definition) is 0. The van der Waals surface area contributed by atoms with E-state index in [2.05, 4.69) is 11.1 Å². The number of ketones is 1. The number of anilines is 2. The van der Waals surface area contributed by atoms with Crippen molar-refractivity contribution in [2.45, 2.75) is 19.8 Å². The van der Waals surface area contributed by atoms with Crippen LogP contribution >= 0.6 is 0 Å². The first kappa shape index (κ1) is 14.7. The third-order valence-electron chi connectivity index (χ3n) is 3.18. The van der Waals surface area contributed by atoms with E-state index >= 15 is 0 Å². The summed E-state index contributed by atoms with van der Waals surface area (Å²) in [6.45, 7) is 2.41. The summed E-state index contributed by atoms with van der Waals surface area (Å²) in [6, 6.07) is 15.6. The molecule has 0 fully saturated rings. The van der Waals surface area contributed by atoms with Gasteiger partial charge in [0, 0.05) is 18.7 Å². The second-order valence-corrected chi connectivity index (χ2v) is 4.57. The lowest BCUT2D eigenvalue weighted by molar-refractivity contribution is 0.0983. The quantitative estimate of drug-likeness (QED) is 0.756. The fourth-order valence-corrected chi connectivity index (χ4v) is 2.07. The molecule has 106 valence electrons. The lowest BCUT2D eigenvalue weighted by Crippen LogP contribution is -2.18. The summed E-state index contributed by atoms with van der Waals surface area (Å²) in [7, 11) is 0. The van der Waals surface area contributed by atoms with Crippen molar-refractivity contribution in [1.82, 2.24) is 4.98 Å². The maximum absolute atomic E-state index is 11.6. The highest BCUT2D eigenvalue weighted by atomic mass is 16.1. The third-order valence-corrected chi connectivity index (χ3v) is 3.18. The van der Waals surface area contributed by atoms with Crippen LogP contribution < -0.4 is 4.90 Å². The zero-order valence-corrected chi connectivity index (χ0v) is 12.0. The van der Waals surface area contributed by atoms with Gasteiger partial charge in [-0.2, -0.15) is 5.26 Å². The first-order chi connectivity index (χ1) is 10.3. The summed E-state index contributed by atoms with van der Waals surface area (Å²) in [5.41, 5.74) is 2.36. The normalized spacial score (nSPS) is 9.90. The van der Waals surface area contributed by atoms with E-state index in [0.717, 1.165) is 11.4 Å². The van der Waals surface area contributed by atoms with Gasteiger partial charge in [0.1, 0.15) is 5.69 Å². The Balaban J connectivity index is 2.29. The Hall–Kier alpha value is -2.67. The van der Waals surface area contributed by atoms with Crippen molar-refractivity contribution in [3.05, 3.63) is 54.4 Å². The number of pyridine rings is 1. The van der Waals surface area contributed by atoms with E-state index in [1.54, 1.807) is 12.3 Å². The first-order valence-corrected chi connectivity index (χ1v) is 6.95. The predicted octanol–water partition coefficient (Wildman–Crippen LogP) is 3.73. The van der Waals surface area contributed by atoms with Gasteiger partial charge >= 0.3 is 0 Å². The molecular weight excluding hydrogens is 262 g/mol.